The minimum atomic E-state index is -0.294. The Bertz CT molecular complexity index is 961. The Morgan fingerprint density at radius 3 is 2.61 bits per heavy atom. The lowest BCUT2D eigenvalue weighted by Crippen LogP contribution is -2.24. The van der Waals surface area contributed by atoms with E-state index in [-0.39, 0.29) is 11.7 Å². The van der Waals surface area contributed by atoms with E-state index in [1.54, 1.807) is 43.5 Å². The molecule has 0 saturated carbocycles. The van der Waals surface area contributed by atoms with E-state index in [1.165, 1.54) is 0 Å². The molecule has 0 fully saturated rings. The first-order valence-corrected chi connectivity index (χ1v) is 8.98. The van der Waals surface area contributed by atoms with Gasteiger partial charge in [-0.3, -0.25) is 4.79 Å². The fourth-order valence-corrected chi connectivity index (χ4v) is 2.70. The van der Waals surface area contributed by atoms with E-state index in [9.17, 15) is 4.79 Å². The maximum atomic E-state index is 12.4. The summed E-state index contributed by atoms with van der Waals surface area (Å²) in [4.78, 5) is 16.6. The average Bonchev–Trinajstić information content (AvgIpc) is 2.69. The van der Waals surface area contributed by atoms with Gasteiger partial charge in [0.05, 0.1) is 17.9 Å². The zero-order valence-electron chi connectivity index (χ0n) is 15.3. The first-order valence-electron chi connectivity index (χ1n) is 8.60. The molecule has 6 nitrogen and oxygen atoms in total. The van der Waals surface area contributed by atoms with Gasteiger partial charge in [0.15, 0.2) is 0 Å². The van der Waals surface area contributed by atoms with Crippen molar-refractivity contribution in [2.24, 2.45) is 0 Å². The van der Waals surface area contributed by atoms with Gasteiger partial charge in [0.25, 0.3) is 5.91 Å². The van der Waals surface area contributed by atoms with Crippen LogP contribution in [0.4, 0.5) is 5.82 Å². The third-order valence-electron chi connectivity index (χ3n) is 3.92. The Labute approximate surface area is 168 Å². The molecular formula is C21H20ClN3O3. The molecule has 0 saturated heterocycles. The number of ether oxygens (including phenoxy) is 2. The van der Waals surface area contributed by atoms with Crippen molar-refractivity contribution in [2.45, 2.75) is 13.2 Å². The predicted octanol–water partition coefficient (Wildman–Crippen LogP) is 4.19. The monoisotopic (exact) mass is 397 g/mol. The van der Waals surface area contributed by atoms with Crippen molar-refractivity contribution in [3.05, 3.63) is 82.5 Å². The summed E-state index contributed by atoms with van der Waals surface area (Å²) in [6.07, 6.45) is 0. The number of halogens is 1. The van der Waals surface area contributed by atoms with Gasteiger partial charge in [-0.2, -0.15) is 0 Å². The molecule has 2 aromatic carbocycles. The molecule has 28 heavy (non-hydrogen) atoms. The van der Waals surface area contributed by atoms with Crippen molar-refractivity contribution in [2.75, 3.05) is 12.8 Å². The van der Waals surface area contributed by atoms with Crippen LogP contribution in [0.2, 0.25) is 5.02 Å². The molecule has 3 aromatic rings. The molecule has 0 aliphatic heterocycles. The lowest BCUT2D eigenvalue weighted by atomic mass is 10.2. The molecule has 7 heteroatoms. The van der Waals surface area contributed by atoms with Crippen LogP contribution in [0.15, 0.2) is 60.7 Å². The number of pyridine rings is 1. The third kappa shape index (κ3) is 5.22. The molecule has 0 radical (unpaired) electrons. The van der Waals surface area contributed by atoms with Gasteiger partial charge in [0.2, 0.25) is 0 Å². The van der Waals surface area contributed by atoms with Crippen LogP contribution in [0.1, 0.15) is 21.6 Å². The molecule has 0 atom stereocenters. The summed E-state index contributed by atoms with van der Waals surface area (Å²) in [6.45, 7) is 0.669. The molecule has 1 aromatic heterocycles. The van der Waals surface area contributed by atoms with Crippen LogP contribution in [0, 0.1) is 0 Å². The summed E-state index contributed by atoms with van der Waals surface area (Å²) in [7, 11) is 1.57. The quantitative estimate of drug-likeness (QED) is 0.624. The second kappa shape index (κ2) is 9.21. The third-order valence-corrected chi connectivity index (χ3v) is 4.17. The Kier molecular flexibility index (Phi) is 6.47. The van der Waals surface area contributed by atoms with Gasteiger partial charge in [0.1, 0.15) is 17.3 Å². The minimum absolute atomic E-state index is 0.173. The smallest absolute Gasteiger partial charge is 0.255 e. The largest absolute Gasteiger partial charge is 0.457 e. The second-order valence-electron chi connectivity index (χ2n) is 6.05. The Morgan fingerprint density at radius 2 is 1.89 bits per heavy atom. The number of nitrogens with one attached hydrogen (secondary N) is 1. The summed E-state index contributed by atoms with van der Waals surface area (Å²) < 4.78 is 10.8. The Balaban J connectivity index is 1.63. The fourth-order valence-electron chi connectivity index (χ4n) is 2.57. The van der Waals surface area contributed by atoms with Crippen molar-refractivity contribution >= 4 is 23.3 Å². The van der Waals surface area contributed by atoms with Crippen LogP contribution in [-0.2, 0) is 17.9 Å². The molecule has 3 N–H and O–H groups in total. The molecule has 1 amide bonds. The van der Waals surface area contributed by atoms with Crippen LogP contribution in [0.5, 0.6) is 11.5 Å². The van der Waals surface area contributed by atoms with Gasteiger partial charge in [-0.1, -0.05) is 23.7 Å². The zero-order chi connectivity index (χ0) is 19.9. The lowest BCUT2D eigenvalue weighted by Gasteiger charge is -2.10. The standard InChI is InChI=1S/C21H20ClN3O3/c1-27-13-16-7-10-19(20(23)25-16)21(26)24-12-14-3-2-4-18(11-14)28-17-8-5-15(22)6-9-17/h2-11H,12-13H2,1H3,(H2,23,25)(H,24,26). The van der Waals surface area contributed by atoms with Crippen LogP contribution in [0.25, 0.3) is 0 Å². The van der Waals surface area contributed by atoms with Gasteiger partial charge >= 0.3 is 0 Å². The van der Waals surface area contributed by atoms with E-state index < -0.39 is 0 Å². The molecule has 0 unspecified atom stereocenters. The Morgan fingerprint density at radius 1 is 1.11 bits per heavy atom. The molecule has 0 aliphatic rings. The van der Waals surface area contributed by atoms with Gasteiger partial charge < -0.3 is 20.5 Å². The number of methoxy groups -OCH3 is 1. The van der Waals surface area contributed by atoms with Crippen LogP contribution in [0.3, 0.4) is 0 Å². The molecule has 0 bridgehead atoms. The van der Waals surface area contributed by atoms with Crippen molar-refractivity contribution in [3.8, 4) is 11.5 Å². The Hall–Kier alpha value is -3.09. The highest BCUT2D eigenvalue weighted by Crippen LogP contribution is 2.24. The number of benzene rings is 2. The molecular weight excluding hydrogens is 378 g/mol. The number of rotatable bonds is 7. The van der Waals surface area contributed by atoms with E-state index in [4.69, 9.17) is 26.8 Å². The molecule has 144 valence electrons. The number of carbonyl (C=O) groups is 1. The topological polar surface area (TPSA) is 86.5 Å². The molecule has 1 heterocycles. The number of amides is 1. The summed E-state index contributed by atoms with van der Waals surface area (Å²) >= 11 is 5.88. The van der Waals surface area contributed by atoms with Crippen molar-refractivity contribution in [1.29, 1.82) is 0 Å². The highest BCUT2D eigenvalue weighted by Gasteiger charge is 2.11. The maximum Gasteiger partial charge on any atom is 0.255 e. The van der Waals surface area contributed by atoms with Gasteiger partial charge in [-0.25, -0.2) is 4.98 Å². The van der Waals surface area contributed by atoms with Crippen LogP contribution in [-0.4, -0.2) is 18.0 Å². The number of nitrogen functional groups attached to an aromatic ring is 1. The maximum absolute atomic E-state index is 12.4. The number of aromatic nitrogens is 1. The zero-order valence-corrected chi connectivity index (χ0v) is 16.1. The summed E-state index contributed by atoms with van der Waals surface area (Å²) in [6, 6.07) is 17.9. The highest BCUT2D eigenvalue weighted by molar-refractivity contribution is 6.30. The fraction of sp³-hybridized carbons (Fsp3) is 0.143. The first kappa shape index (κ1) is 19.7. The predicted molar refractivity (Wildman–Crippen MR) is 109 cm³/mol. The summed E-state index contributed by atoms with van der Waals surface area (Å²) in [5.41, 5.74) is 7.77. The normalized spacial score (nSPS) is 10.5. The molecule has 3 rings (SSSR count). The SMILES string of the molecule is COCc1ccc(C(=O)NCc2cccc(Oc3ccc(Cl)cc3)c2)c(N)n1. The van der Waals surface area contributed by atoms with Crippen molar-refractivity contribution < 1.29 is 14.3 Å². The number of anilines is 1. The van der Waals surface area contributed by atoms with Crippen molar-refractivity contribution in [1.82, 2.24) is 10.3 Å². The summed E-state index contributed by atoms with van der Waals surface area (Å²) in [5, 5.41) is 3.49. The number of nitrogens with two attached hydrogens (primary N) is 1. The van der Waals surface area contributed by atoms with Crippen LogP contribution >= 0.6 is 11.6 Å². The van der Waals surface area contributed by atoms with Crippen molar-refractivity contribution in [3.63, 3.8) is 0 Å². The lowest BCUT2D eigenvalue weighted by molar-refractivity contribution is 0.0951. The second-order valence-corrected chi connectivity index (χ2v) is 6.49. The number of nitrogens with zero attached hydrogens (tertiary/aromatic N) is 1. The van der Waals surface area contributed by atoms with Gasteiger partial charge in [-0.05, 0) is 54.1 Å². The van der Waals surface area contributed by atoms with E-state index in [2.05, 4.69) is 10.3 Å². The number of hydrogen-bond donors (Lipinski definition) is 2. The molecule has 0 spiro atoms. The van der Waals surface area contributed by atoms with Gasteiger partial charge in [-0.15, -0.1) is 0 Å². The number of carbonyl (C=O) groups excluding carboxylic acids is 1. The molecule has 0 aliphatic carbocycles. The first-order chi connectivity index (χ1) is 13.5. The minimum Gasteiger partial charge on any atom is -0.457 e. The summed E-state index contributed by atoms with van der Waals surface area (Å²) in [5.74, 6) is 1.23. The average molecular weight is 398 g/mol. The van der Waals surface area contributed by atoms with E-state index >= 15 is 0 Å². The van der Waals surface area contributed by atoms with E-state index in [0.717, 1.165) is 5.56 Å². The number of hydrogen-bond acceptors (Lipinski definition) is 5. The van der Waals surface area contributed by atoms with E-state index in [1.807, 2.05) is 24.3 Å². The highest BCUT2D eigenvalue weighted by atomic mass is 35.5. The van der Waals surface area contributed by atoms with Crippen LogP contribution < -0.4 is 15.8 Å². The van der Waals surface area contributed by atoms with Gasteiger partial charge in [0, 0.05) is 18.7 Å². The van der Waals surface area contributed by atoms with E-state index in [0.29, 0.717) is 40.9 Å².